The number of amides is 1. The van der Waals surface area contributed by atoms with Crippen molar-refractivity contribution in [2.24, 2.45) is 0 Å². The second-order valence-electron chi connectivity index (χ2n) is 4.06. The lowest BCUT2D eigenvalue weighted by Crippen LogP contribution is -2.47. The first-order valence-corrected chi connectivity index (χ1v) is 5.36. The summed E-state index contributed by atoms with van der Waals surface area (Å²) in [6.45, 7) is 3.35. The summed E-state index contributed by atoms with van der Waals surface area (Å²) in [7, 11) is 2.06. The van der Waals surface area contributed by atoms with Gasteiger partial charge in [-0.2, -0.15) is 0 Å². The van der Waals surface area contributed by atoms with Gasteiger partial charge in [0, 0.05) is 32.4 Å². The minimum Gasteiger partial charge on any atom is -0.397 e. The van der Waals surface area contributed by atoms with Crippen LogP contribution in [0.4, 0.5) is 5.69 Å². The highest BCUT2D eigenvalue weighted by molar-refractivity contribution is 5.98. The molecule has 1 aliphatic rings. The Kier molecular flexibility index (Phi) is 3.05. The first-order valence-electron chi connectivity index (χ1n) is 5.36. The van der Waals surface area contributed by atoms with Gasteiger partial charge in [0.2, 0.25) is 0 Å². The summed E-state index contributed by atoms with van der Waals surface area (Å²) in [6.07, 6.45) is 3.11. The molecule has 0 radical (unpaired) electrons. The van der Waals surface area contributed by atoms with Gasteiger partial charge in [0.1, 0.15) is 0 Å². The van der Waals surface area contributed by atoms with Crippen LogP contribution in [0.3, 0.4) is 0 Å². The van der Waals surface area contributed by atoms with E-state index in [9.17, 15) is 4.79 Å². The van der Waals surface area contributed by atoms with Crippen LogP contribution in [-0.4, -0.2) is 53.9 Å². The highest BCUT2D eigenvalue weighted by Gasteiger charge is 2.21. The maximum Gasteiger partial charge on any atom is 0.256 e. The van der Waals surface area contributed by atoms with Crippen molar-refractivity contribution in [1.82, 2.24) is 14.8 Å². The number of nitrogens with zero attached hydrogens (tertiary/aromatic N) is 3. The average Bonchev–Trinajstić information content (AvgIpc) is 2.30. The molecule has 16 heavy (non-hydrogen) atoms. The summed E-state index contributed by atoms with van der Waals surface area (Å²) in [5.74, 6) is 0.00741. The number of rotatable bonds is 1. The molecular weight excluding hydrogens is 204 g/mol. The van der Waals surface area contributed by atoms with E-state index in [-0.39, 0.29) is 5.91 Å². The Balaban J connectivity index is 2.11. The molecule has 0 aromatic carbocycles. The molecule has 2 heterocycles. The summed E-state index contributed by atoms with van der Waals surface area (Å²) < 4.78 is 0. The molecule has 2 N–H and O–H groups in total. The van der Waals surface area contributed by atoms with Crippen LogP contribution in [-0.2, 0) is 0 Å². The quantitative estimate of drug-likeness (QED) is 0.726. The van der Waals surface area contributed by atoms with E-state index in [4.69, 9.17) is 5.73 Å². The van der Waals surface area contributed by atoms with E-state index in [1.807, 2.05) is 4.90 Å². The van der Waals surface area contributed by atoms with Crippen LogP contribution in [0.2, 0.25) is 0 Å². The molecular formula is C11H16N4O. The number of anilines is 1. The lowest BCUT2D eigenvalue weighted by molar-refractivity contribution is 0.0665. The van der Waals surface area contributed by atoms with E-state index in [0.29, 0.717) is 11.3 Å². The van der Waals surface area contributed by atoms with Gasteiger partial charge in [-0.1, -0.05) is 0 Å². The number of nitrogens with two attached hydrogens (primary N) is 1. The van der Waals surface area contributed by atoms with Crippen molar-refractivity contribution in [1.29, 1.82) is 0 Å². The van der Waals surface area contributed by atoms with Crippen LogP contribution < -0.4 is 5.73 Å². The number of carbonyl (C=O) groups is 1. The number of piperazine rings is 1. The molecule has 1 fully saturated rings. The van der Waals surface area contributed by atoms with Crippen molar-refractivity contribution < 1.29 is 4.79 Å². The second kappa shape index (κ2) is 4.49. The molecule has 1 saturated heterocycles. The normalized spacial score (nSPS) is 17.4. The van der Waals surface area contributed by atoms with E-state index >= 15 is 0 Å². The first-order chi connectivity index (χ1) is 7.68. The molecule has 0 spiro atoms. The SMILES string of the molecule is CN1CCN(C(=O)c2ccncc2N)CC1. The fraction of sp³-hybridized carbons (Fsp3) is 0.455. The van der Waals surface area contributed by atoms with E-state index in [1.54, 1.807) is 12.3 Å². The van der Waals surface area contributed by atoms with E-state index in [1.165, 1.54) is 6.20 Å². The highest BCUT2D eigenvalue weighted by atomic mass is 16.2. The van der Waals surface area contributed by atoms with Crippen molar-refractivity contribution in [2.45, 2.75) is 0 Å². The van der Waals surface area contributed by atoms with Crippen molar-refractivity contribution in [3.05, 3.63) is 24.0 Å². The molecule has 0 bridgehead atoms. The second-order valence-corrected chi connectivity index (χ2v) is 4.06. The predicted octanol–water partition coefficient (Wildman–Crippen LogP) is 0.0514. The number of hydrogen-bond acceptors (Lipinski definition) is 4. The van der Waals surface area contributed by atoms with Crippen LogP contribution in [0.5, 0.6) is 0 Å². The summed E-state index contributed by atoms with van der Waals surface area (Å²) in [4.78, 5) is 20.1. The minimum atomic E-state index is 0.00741. The highest BCUT2D eigenvalue weighted by Crippen LogP contribution is 2.13. The fourth-order valence-electron chi connectivity index (χ4n) is 1.78. The number of hydrogen-bond donors (Lipinski definition) is 1. The summed E-state index contributed by atoms with van der Waals surface area (Å²) in [5.41, 5.74) is 6.74. The standard InChI is InChI=1S/C11H16N4O/c1-14-4-6-15(7-5-14)11(16)9-2-3-13-8-10(9)12/h2-3,8H,4-7,12H2,1H3. The lowest BCUT2D eigenvalue weighted by atomic mass is 10.2. The third-order valence-electron chi connectivity index (χ3n) is 2.87. The van der Waals surface area contributed by atoms with E-state index < -0.39 is 0 Å². The van der Waals surface area contributed by atoms with Crippen LogP contribution in [0.25, 0.3) is 0 Å². The molecule has 1 aromatic rings. The smallest absolute Gasteiger partial charge is 0.256 e. The molecule has 0 atom stereocenters. The molecule has 0 aliphatic carbocycles. The number of carbonyl (C=O) groups excluding carboxylic acids is 1. The van der Waals surface area contributed by atoms with Crippen molar-refractivity contribution in [3.8, 4) is 0 Å². The molecule has 5 nitrogen and oxygen atoms in total. The lowest BCUT2D eigenvalue weighted by Gasteiger charge is -2.32. The van der Waals surface area contributed by atoms with Gasteiger partial charge in [-0.05, 0) is 13.1 Å². The van der Waals surface area contributed by atoms with Crippen LogP contribution >= 0.6 is 0 Å². The zero-order valence-corrected chi connectivity index (χ0v) is 9.39. The van der Waals surface area contributed by atoms with Gasteiger partial charge in [-0.3, -0.25) is 9.78 Å². The van der Waals surface area contributed by atoms with Crippen LogP contribution in [0.1, 0.15) is 10.4 Å². The van der Waals surface area contributed by atoms with Gasteiger partial charge in [0.05, 0.1) is 17.4 Å². The Bertz CT molecular complexity index is 385. The molecule has 1 amide bonds. The number of likely N-dealkylation sites (N-methyl/N-ethyl adjacent to an activating group) is 1. The Morgan fingerprint density at radius 1 is 1.38 bits per heavy atom. The molecule has 5 heteroatoms. The van der Waals surface area contributed by atoms with Crippen molar-refractivity contribution >= 4 is 11.6 Å². The van der Waals surface area contributed by atoms with Crippen LogP contribution in [0.15, 0.2) is 18.5 Å². The summed E-state index contributed by atoms with van der Waals surface area (Å²) in [5, 5.41) is 0. The number of pyridine rings is 1. The van der Waals surface area contributed by atoms with Gasteiger partial charge in [-0.25, -0.2) is 0 Å². The van der Waals surface area contributed by atoms with Crippen molar-refractivity contribution in [3.63, 3.8) is 0 Å². The monoisotopic (exact) mass is 220 g/mol. The zero-order valence-electron chi connectivity index (χ0n) is 9.39. The maximum absolute atomic E-state index is 12.1. The fourth-order valence-corrected chi connectivity index (χ4v) is 1.78. The number of aromatic nitrogens is 1. The zero-order chi connectivity index (χ0) is 11.5. The van der Waals surface area contributed by atoms with Gasteiger partial charge in [0.25, 0.3) is 5.91 Å². The predicted molar refractivity (Wildman–Crippen MR) is 62.0 cm³/mol. The molecule has 2 rings (SSSR count). The summed E-state index contributed by atoms with van der Waals surface area (Å²) >= 11 is 0. The molecule has 0 unspecified atom stereocenters. The average molecular weight is 220 g/mol. The Labute approximate surface area is 94.9 Å². The van der Waals surface area contributed by atoms with Gasteiger partial charge < -0.3 is 15.5 Å². The molecule has 1 aromatic heterocycles. The Hall–Kier alpha value is -1.62. The van der Waals surface area contributed by atoms with E-state index in [2.05, 4.69) is 16.9 Å². The van der Waals surface area contributed by atoms with Gasteiger partial charge in [-0.15, -0.1) is 0 Å². The third kappa shape index (κ3) is 2.14. The minimum absolute atomic E-state index is 0.00741. The third-order valence-corrected chi connectivity index (χ3v) is 2.87. The molecule has 1 aliphatic heterocycles. The Morgan fingerprint density at radius 3 is 2.69 bits per heavy atom. The number of nitrogen functional groups attached to an aromatic ring is 1. The summed E-state index contributed by atoms with van der Waals surface area (Å²) in [6, 6.07) is 1.68. The molecule has 0 saturated carbocycles. The maximum atomic E-state index is 12.1. The molecule has 86 valence electrons. The van der Waals surface area contributed by atoms with Crippen LogP contribution in [0, 0.1) is 0 Å². The largest absolute Gasteiger partial charge is 0.397 e. The van der Waals surface area contributed by atoms with E-state index in [0.717, 1.165) is 26.2 Å². The topological polar surface area (TPSA) is 62.5 Å². The Morgan fingerprint density at radius 2 is 2.06 bits per heavy atom. The first kappa shape index (κ1) is 10.9. The van der Waals surface area contributed by atoms with Crippen molar-refractivity contribution in [2.75, 3.05) is 39.0 Å². The van der Waals surface area contributed by atoms with Gasteiger partial charge >= 0.3 is 0 Å². The van der Waals surface area contributed by atoms with Gasteiger partial charge in [0.15, 0.2) is 0 Å².